The molecule has 0 saturated carbocycles. The van der Waals surface area contributed by atoms with Crippen molar-refractivity contribution in [1.29, 1.82) is 0 Å². The van der Waals surface area contributed by atoms with Gasteiger partial charge in [-0.3, -0.25) is 20.2 Å². The van der Waals surface area contributed by atoms with Gasteiger partial charge in [-0.2, -0.15) is 29.9 Å². The summed E-state index contributed by atoms with van der Waals surface area (Å²) in [5.41, 5.74) is 18.1. The van der Waals surface area contributed by atoms with Crippen LogP contribution in [0.1, 0.15) is 148 Å². The Bertz CT molecular complexity index is 3810. The van der Waals surface area contributed by atoms with Gasteiger partial charge in [0.25, 0.3) is 0 Å². The van der Waals surface area contributed by atoms with E-state index in [1.165, 1.54) is 97.0 Å². The van der Waals surface area contributed by atoms with Crippen molar-refractivity contribution in [2.75, 3.05) is 98.9 Å². The number of nitrogens with zero attached hydrogens (tertiary/aromatic N) is 7. The molecule has 9 rings (SSSR count). The number of hydrogen-bond acceptors (Lipinski definition) is 22. The van der Waals surface area contributed by atoms with Gasteiger partial charge in [-0.1, -0.05) is 164 Å². The largest absolute Gasteiger partial charge is 0.494 e. The van der Waals surface area contributed by atoms with Crippen LogP contribution in [0.15, 0.2) is 158 Å². The number of aromatic amines is 1. The zero-order valence-corrected chi connectivity index (χ0v) is 61.5. The second-order valence-corrected chi connectivity index (χ2v) is 24.5. The van der Waals surface area contributed by atoms with E-state index in [4.69, 9.17) is 44.6 Å². The van der Waals surface area contributed by atoms with E-state index in [1.54, 1.807) is 12.1 Å². The number of unbranched alkanes of at least 4 members (excludes halogenated alkanes) is 11. The lowest BCUT2D eigenvalue weighted by molar-refractivity contribution is -0.115. The van der Waals surface area contributed by atoms with Gasteiger partial charge >= 0.3 is 12.0 Å². The molecule has 6 aromatic carbocycles. The highest BCUT2D eigenvalue weighted by Crippen LogP contribution is 2.29. The second-order valence-electron chi connectivity index (χ2n) is 24.5. The molecule has 0 atom stereocenters. The Morgan fingerprint density at radius 1 is 0.352 bits per heavy atom. The Hall–Kier alpha value is -10.9. The molecular formula is C80H105N15O10. The third-order valence-corrected chi connectivity index (χ3v) is 15.7. The maximum Gasteiger partial charge on any atom is 0.361 e. The van der Waals surface area contributed by atoms with Gasteiger partial charge in [0.1, 0.15) is 40.2 Å². The summed E-state index contributed by atoms with van der Waals surface area (Å²) in [7, 11) is 0. The van der Waals surface area contributed by atoms with Gasteiger partial charge in [0.05, 0.1) is 52.2 Å². The van der Waals surface area contributed by atoms with E-state index in [1.807, 2.05) is 97.1 Å². The molecule has 0 fully saturated rings. The van der Waals surface area contributed by atoms with E-state index in [2.05, 4.69) is 124 Å². The van der Waals surface area contributed by atoms with E-state index >= 15 is 0 Å². The van der Waals surface area contributed by atoms with Crippen molar-refractivity contribution in [3.63, 3.8) is 0 Å². The van der Waals surface area contributed by atoms with E-state index in [0.717, 1.165) is 101 Å². The topological polar surface area (TPSA) is 334 Å². The van der Waals surface area contributed by atoms with Crippen LogP contribution in [0.4, 0.5) is 29.7 Å². The fourth-order valence-electron chi connectivity index (χ4n) is 10.2. The monoisotopic (exact) mass is 1440 g/mol. The van der Waals surface area contributed by atoms with Gasteiger partial charge in [-0.05, 0) is 132 Å². The molecular weight excluding hydrogens is 1330 g/mol. The first-order chi connectivity index (χ1) is 51.4. The predicted octanol–water partition coefficient (Wildman–Crippen LogP) is 15.4. The summed E-state index contributed by atoms with van der Waals surface area (Å²) < 4.78 is 40.3. The zero-order chi connectivity index (χ0) is 74.3. The van der Waals surface area contributed by atoms with Crippen LogP contribution in [-0.4, -0.2) is 130 Å². The molecule has 3 heterocycles. The highest BCUT2D eigenvalue weighted by molar-refractivity contribution is 5.89. The first-order valence-corrected chi connectivity index (χ1v) is 36.7. The molecule has 3 aromatic heterocycles. The smallest absolute Gasteiger partial charge is 0.361 e. The SMILES string of the molecule is CCCCCCCOc1ccc(-c2ccc(OC(=O)c3cnc[nH]3)cc2)cc1.CCCCCCCOc1ccc(-c2ccc(OCCCOc3nc(NCCN)nc(NCCN)n3)cc2)cc1.CCCCCCOc1ccc(-c2ccc(OCCCNc3nc(NC(C)=O)nc(NC(C)=O)n3)cc2)cc1. The maximum absolute atomic E-state index is 11.9. The summed E-state index contributed by atoms with van der Waals surface area (Å²) in [5, 5.41) is 14.1. The number of carbonyl (C=O) groups excluding carboxylic acids is 3. The highest BCUT2D eigenvalue weighted by atomic mass is 16.5. The molecule has 0 unspecified atom stereocenters. The molecule has 9 aromatic rings. The molecule has 0 aliphatic carbocycles. The number of H-pyrrole nitrogens is 1. The quantitative estimate of drug-likeness (QED) is 0.00998. The number of aromatic nitrogens is 8. The summed E-state index contributed by atoms with van der Waals surface area (Å²) in [5.74, 6) is 4.84. The summed E-state index contributed by atoms with van der Waals surface area (Å²) in [6.45, 7) is 15.6. The molecule has 10 N–H and O–H groups in total. The Morgan fingerprint density at radius 3 is 1.01 bits per heavy atom. The number of nitrogens with one attached hydrogen (secondary N) is 6. The molecule has 0 saturated heterocycles. The molecule has 105 heavy (non-hydrogen) atoms. The third kappa shape index (κ3) is 32.1. The molecule has 0 bridgehead atoms. The van der Waals surface area contributed by atoms with Gasteiger partial charge in [-0.25, -0.2) is 9.78 Å². The number of esters is 1. The van der Waals surface area contributed by atoms with Crippen molar-refractivity contribution in [2.24, 2.45) is 11.5 Å². The van der Waals surface area contributed by atoms with Gasteiger partial charge in [-0.15, -0.1) is 0 Å². The van der Waals surface area contributed by atoms with Crippen molar-refractivity contribution in [3.05, 3.63) is 164 Å². The number of imidazole rings is 1. The first-order valence-electron chi connectivity index (χ1n) is 36.7. The second kappa shape index (κ2) is 48.1. The summed E-state index contributed by atoms with van der Waals surface area (Å²) in [6, 6.07) is 48.2. The summed E-state index contributed by atoms with van der Waals surface area (Å²) in [4.78, 5) is 66.2. The van der Waals surface area contributed by atoms with Crippen molar-refractivity contribution in [2.45, 2.75) is 137 Å². The van der Waals surface area contributed by atoms with Crippen molar-refractivity contribution >= 4 is 47.5 Å². The van der Waals surface area contributed by atoms with Crippen LogP contribution in [0.3, 0.4) is 0 Å². The predicted molar refractivity (Wildman–Crippen MR) is 415 cm³/mol. The number of rotatable bonds is 45. The number of ether oxygens (including phenoxy) is 7. The Kier molecular flexibility index (Phi) is 37.3. The van der Waals surface area contributed by atoms with Gasteiger partial charge in [0.2, 0.25) is 41.6 Å². The Labute approximate surface area is 617 Å². The van der Waals surface area contributed by atoms with Gasteiger partial charge in [0.15, 0.2) is 0 Å². The zero-order valence-electron chi connectivity index (χ0n) is 61.5. The number of nitrogens with two attached hydrogens (primary N) is 2. The molecule has 560 valence electrons. The highest BCUT2D eigenvalue weighted by Gasteiger charge is 2.13. The summed E-state index contributed by atoms with van der Waals surface area (Å²) in [6.07, 6.45) is 21.4. The minimum Gasteiger partial charge on any atom is -0.494 e. The van der Waals surface area contributed by atoms with Crippen LogP contribution in [0.25, 0.3) is 33.4 Å². The van der Waals surface area contributed by atoms with E-state index in [9.17, 15) is 14.4 Å². The first kappa shape index (κ1) is 81.4. The normalized spacial score (nSPS) is 10.6. The third-order valence-electron chi connectivity index (χ3n) is 15.7. The molecule has 0 aliphatic heterocycles. The minimum atomic E-state index is -0.457. The van der Waals surface area contributed by atoms with Crippen LogP contribution >= 0.6 is 0 Å². The number of anilines is 5. The summed E-state index contributed by atoms with van der Waals surface area (Å²) >= 11 is 0. The number of carbonyl (C=O) groups is 3. The standard InChI is InChI=1S/C29H43N7O3.C28H36N6O4.C23H26N2O3/c1-2-3-4-5-6-20-37-25-12-8-23(9-13-25)24-10-14-26(15-11-24)38-21-7-22-39-29-35-27(32-18-16-30)34-28(36-29)33-19-17-31;1-4-5-6-7-18-37-24-13-9-22(10-14-24)23-11-15-25(16-12-23)38-19-8-17-29-26-32-27(30-20(2)35)34-28(33-26)31-21(3)36;1-2-3-4-5-6-15-27-20-11-7-18(8-12-20)19-9-13-21(14-10-19)28-23(26)22-16-24-17-25-22/h8-15H,2-7,16-22,30-31H2,1H3,(H2,32,33,34,35,36);9-16H,4-8,17-19H2,1-3H3,(H3,29,30,31,32,33,34,35,36);7-14,16-17H,2-6,15H2,1H3,(H,24,25). The van der Waals surface area contributed by atoms with E-state index in [0.29, 0.717) is 88.7 Å². The van der Waals surface area contributed by atoms with Crippen LogP contribution in [0, 0.1) is 0 Å². The van der Waals surface area contributed by atoms with Crippen LogP contribution in [0.5, 0.6) is 40.5 Å². The minimum absolute atomic E-state index is 0.0552. The molecule has 0 spiro atoms. The number of hydrogen-bond donors (Lipinski definition) is 8. The van der Waals surface area contributed by atoms with Crippen molar-refractivity contribution < 1.29 is 47.5 Å². The van der Waals surface area contributed by atoms with Crippen molar-refractivity contribution in [1.82, 2.24) is 39.9 Å². The molecule has 0 aliphatic rings. The Balaban J connectivity index is 0.000000223. The molecule has 25 heteroatoms. The lowest BCUT2D eigenvalue weighted by Gasteiger charge is -2.11. The molecule has 0 radical (unpaired) electrons. The number of benzene rings is 6. The molecule has 2 amide bonds. The average Bonchev–Trinajstić information content (AvgIpc) is 1.24. The lowest BCUT2D eigenvalue weighted by atomic mass is 10.1. The fourth-order valence-corrected chi connectivity index (χ4v) is 10.2. The van der Waals surface area contributed by atoms with Crippen LogP contribution in [0.2, 0.25) is 0 Å². The average molecular weight is 1440 g/mol. The number of amides is 2. The van der Waals surface area contributed by atoms with Crippen molar-refractivity contribution in [3.8, 4) is 73.9 Å². The van der Waals surface area contributed by atoms with E-state index < -0.39 is 5.97 Å². The lowest BCUT2D eigenvalue weighted by Crippen LogP contribution is -2.19. The van der Waals surface area contributed by atoms with Gasteiger partial charge < -0.3 is 65.6 Å². The van der Waals surface area contributed by atoms with Crippen LogP contribution < -0.4 is 71.2 Å². The fraction of sp³-hybridized carbons (Fsp3) is 0.400. The van der Waals surface area contributed by atoms with E-state index in [-0.39, 0.29) is 35.7 Å². The maximum atomic E-state index is 11.9. The molecule has 25 nitrogen and oxygen atoms in total. The Morgan fingerprint density at radius 2 is 0.657 bits per heavy atom. The van der Waals surface area contributed by atoms with Crippen LogP contribution in [-0.2, 0) is 9.59 Å². The van der Waals surface area contributed by atoms with Gasteiger partial charge in [0, 0.05) is 53.0 Å².